The molecule has 2 aromatic rings. The fourth-order valence-electron chi connectivity index (χ4n) is 2.88. The molecule has 0 aromatic heterocycles. The summed E-state index contributed by atoms with van der Waals surface area (Å²) in [5.41, 5.74) is 10.2. The maximum Gasteiger partial charge on any atom is 0.0265 e. The van der Waals surface area contributed by atoms with E-state index in [0.29, 0.717) is 6.04 Å². The summed E-state index contributed by atoms with van der Waals surface area (Å²) in [5, 5.41) is 0. The molecule has 2 heteroatoms. The largest absolute Gasteiger partial charge is 0.329 e. The molecule has 2 nitrogen and oxygen atoms in total. The summed E-state index contributed by atoms with van der Waals surface area (Å²) in [5.74, 6) is 0. The van der Waals surface area contributed by atoms with Crippen LogP contribution in [0.1, 0.15) is 16.7 Å². The van der Waals surface area contributed by atoms with Crippen LogP contribution in [0.3, 0.4) is 0 Å². The van der Waals surface area contributed by atoms with Crippen molar-refractivity contribution in [3.05, 3.63) is 71.3 Å². The van der Waals surface area contributed by atoms with Crippen molar-refractivity contribution in [2.45, 2.75) is 25.6 Å². The smallest absolute Gasteiger partial charge is 0.0265 e. The van der Waals surface area contributed by atoms with E-state index in [9.17, 15) is 0 Å². The summed E-state index contributed by atoms with van der Waals surface area (Å²) in [6.45, 7) is 2.71. The predicted molar refractivity (Wildman–Crippen MR) is 78.7 cm³/mol. The minimum atomic E-state index is 0.454. The van der Waals surface area contributed by atoms with Crippen LogP contribution >= 0.6 is 0 Å². The topological polar surface area (TPSA) is 29.3 Å². The van der Waals surface area contributed by atoms with Crippen molar-refractivity contribution in [2.24, 2.45) is 5.73 Å². The van der Waals surface area contributed by atoms with Gasteiger partial charge >= 0.3 is 0 Å². The average molecular weight is 252 g/mol. The van der Waals surface area contributed by atoms with Gasteiger partial charge in [-0.3, -0.25) is 4.90 Å². The molecule has 0 saturated carbocycles. The number of fused-ring (bicyclic) bond motifs is 1. The maximum atomic E-state index is 5.96. The summed E-state index contributed by atoms with van der Waals surface area (Å²) in [7, 11) is 0. The highest BCUT2D eigenvalue weighted by molar-refractivity contribution is 5.30. The van der Waals surface area contributed by atoms with E-state index < -0.39 is 0 Å². The number of nitrogens with two attached hydrogens (primary N) is 1. The zero-order chi connectivity index (χ0) is 13.1. The van der Waals surface area contributed by atoms with Gasteiger partial charge in [-0.15, -0.1) is 0 Å². The van der Waals surface area contributed by atoms with Crippen molar-refractivity contribution in [3.8, 4) is 0 Å². The molecule has 1 aliphatic heterocycles. The number of rotatable bonds is 3. The standard InChI is InChI=1S/C17H20N2/c18-11-17-10-15-8-4-5-9-16(15)13-19(17)12-14-6-2-1-3-7-14/h1-9,17H,10-13,18H2/t17-/m1/s1. The lowest BCUT2D eigenvalue weighted by Gasteiger charge is -2.36. The second-order valence-electron chi connectivity index (χ2n) is 5.25. The maximum absolute atomic E-state index is 5.96. The molecular weight excluding hydrogens is 232 g/mol. The molecule has 2 N–H and O–H groups in total. The lowest BCUT2D eigenvalue weighted by Crippen LogP contribution is -2.44. The van der Waals surface area contributed by atoms with E-state index in [1.807, 2.05) is 0 Å². The van der Waals surface area contributed by atoms with Gasteiger partial charge in [0.15, 0.2) is 0 Å². The Hall–Kier alpha value is -1.64. The van der Waals surface area contributed by atoms with E-state index in [0.717, 1.165) is 26.1 Å². The van der Waals surface area contributed by atoms with Crippen LogP contribution in [-0.2, 0) is 19.5 Å². The number of hydrogen-bond donors (Lipinski definition) is 1. The third-order valence-electron chi connectivity index (χ3n) is 3.96. The third kappa shape index (κ3) is 2.70. The predicted octanol–water partition coefficient (Wildman–Crippen LogP) is 2.57. The summed E-state index contributed by atoms with van der Waals surface area (Å²) in [4.78, 5) is 2.50. The number of hydrogen-bond acceptors (Lipinski definition) is 2. The van der Waals surface area contributed by atoms with Gasteiger partial charge in [-0.25, -0.2) is 0 Å². The molecule has 0 bridgehead atoms. The summed E-state index contributed by atoms with van der Waals surface area (Å²) < 4.78 is 0. The van der Waals surface area contributed by atoms with Crippen molar-refractivity contribution >= 4 is 0 Å². The minimum absolute atomic E-state index is 0.454. The van der Waals surface area contributed by atoms with Crippen LogP contribution in [0.25, 0.3) is 0 Å². The molecule has 1 aliphatic rings. The first kappa shape index (κ1) is 12.4. The van der Waals surface area contributed by atoms with Crippen molar-refractivity contribution in [3.63, 3.8) is 0 Å². The normalized spacial score (nSPS) is 19.1. The van der Waals surface area contributed by atoms with Crippen LogP contribution in [0.2, 0.25) is 0 Å². The number of benzene rings is 2. The molecule has 19 heavy (non-hydrogen) atoms. The molecule has 0 aliphatic carbocycles. The van der Waals surface area contributed by atoms with Crippen molar-refractivity contribution in [2.75, 3.05) is 6.54 Å². The van der Waals surface area contributed by atoms with E-state index in [2.05, 4.69) is 59.5 Å². The second-order valence-corrected chi connectivity index (χ2v) is 5.25. The van der Waals surface area contributed by atoms with Crippen LogP contribution < -0.4 is 5.73 Å². The van der Waals surface area contributed by atoms with E-state index >= 15 is 0 Å². The fraction of sp³-hybridized carbons (Fsp3) is 0.294. The Morgan fingerprint density at radius 2 is 1.63 bits per heavy atom. The van der Waals surface area contributed by atoms with Gasteiger partial charge in [0.25, 0.3) is 0 Å². The average Bonchev–Trinajstić information content (AvgIpc) is 2.47. The zero-order valence-electron chi connectivity index (χ0n) is 11.1. The van der Waals surface area contributed by atoms with E-state index in [1.54, 1.807) is 0 Å². The molecule has 0 fully saturated rings. The van der Waals surface area contributed by atoms with E-state index in [-0.39, 0.29) is 0 Å². The van der Waals surface area contributed by atoms with E-state index in [1.165, 1.54) is 16.7 Å². The van der Waals surface area contributed by atoms with Gasteiger partial charge < -0.3 is 5.73 Å². The molecule has 1 heterocycles. The van der Waals surface area contributed by atoms with Crippen molar-refractivity contribution in [1.29, 1.82) is 0 Å². The molecule has 0 amide bonds. The van der Waals surface area contributed by atoms with Crippen molar-refractivity contribution in [1.82, 2.24) is 4.90 Å². The van der Waals surface area contributed by atoms with Gasteiger partial charge in [0.1, 0.15) is 0 Å². The Morgan fingerprint density at radius 1 is 0.947 bits per heavy atom. The highest BCUT2D eigenvalue weighted by Crippen LogP contribution is 2.24. The second kappa shape index (κ2) is 5.55. The number of nitrogens with zero attached hydrogens (tertiary/aromatic N) is 1. The van der Waals surface area contributed by atoms with Crippen LogP contribution in [-0.4, -0.2) is 17.5 Å². The molecule has 98 valence electrons. The molecule has 2 aromatic carbocycles. The third-order valence-corrected chi connectivity index (χ3v) is 3.96. The van der Waals surface area contributed by atoms with Crippen LogP contribution in [0.15, 0.2) is 54.6 Å². The Balaban J connectivity index is 1.81. The SMILES string of the molecule is NC[C@H]1Cc2ccccc2CN1Cc1ccccc1. The van der Waals surface area contributed by atoms with Gasteiger partial charge in [0, 0.05) is 25.7 Å². The summed E-state index contributed by atoms with van der Waals surface area (Å²) >= 11 is 0. The Kier molecular flexibility index (Phi) is 3.62. The van der Waals surface area contributed by atoms with E-state index in [4.69, 9.17) is 5.73 Å². The lowest BCUT2D eigenvalue weighted by atomic mass is 9.93. The summed E-state index contributed by atoms with van der Waals surface area (Å²) in [6.07, 6.45) is 1.07. The fourth-order valence-corrected chi connectivity index (χ4v) is 2.88. The van der Waals surface area contributed by atoms with Gasteiger partial charge in [-0.05, 0) is 23.1 Å². The summed E-state index contributed by atoms with van der Waals surface area (Å²) in [6, 6.07) is 19.8. The lowest BCUT2D eigenvalue weighted by molar-refractivity contribution is 0.167. The molecule has 0 unspecified atom stereocenters. The van der Waals surface area contributed by atoms with Gasteiger partial charge in [-0.1, -0.05) is 54.6 Å². The van der Waals surface area contributed by atoms with Crippen LogP contribution in [0.5, 0.6) is 0 Å². The van der Waals surface area contributed by atoms with Gasteiger partial charge in [-0.2, -0.15) is 0 Å². The first-order chi connectivity index (χ1) is 9.36. The molecule has 1 atom stereocenters. The molecule has 0 spiro atoms. The molecule has 0 saturated heterocycles. The Bertz CT molecular complexity index is 536. The van der Waals surface area contributed by atoms with Crippen LogP contribution in [0.4, 0.5) is 0 Å². The highest BCUT2D eigenvalue weighted by atomic mass is 15.2. The Morgan fingerprint density at radius 3 is 2.37 bits per heavy atom. The zero-order valence-corrected chi connectivity index (χ0v) is 11.1. The first-order valence-electron chi connectivity index (χ1n) is 6.91. The van der Waals surface area contributed by atoms with Crippen molar-refractivity contribution < 1.29 is 0 Å². The van der Waals surface area contributed by atoms with Gasteiger partial charge in [0.05, 0.1) is 0 Å². The monoisotopic (exact) mass is 252 g/mol. The van der Waals surface area contributed by atoms with Crippen LogP contribution in [0, 0.1) is 0 Å². The molecule has 3 rings (SSSR count). The van der Waals surface area contributed by atoms with Gasteiger partial charge in [0.2, 0.25) is 0 Å². The molecular formula is C17H20N2. The Labute approximate surface area is 114 Å². The molecule has 0 radical (unpaired) electrons. The quantitative estimate of drug-likeness (QED) is 0.909. The first-order valence-corrected chi connectivity index (χ1v) is 6.91. The minimum Gasteiger partial charge on any atom is -0.329 e. The highest BCUT2D eigenvalue weighted by Gasteiger charge is 2.24.